The number of alkyl halides is 3. The van der Waals surface area contributed by atoms with E-state index in [4.69, 9.17) is 9.84 Å². The molecule has 1 aromatic rings. The van der Waals surface area contributed by atoms with Crippen molar-refractivity contribution in [3.8, 4) is 11.5 Å². The summed E-state index contributed by atoms with van der Waals surface area (Å²) >= 11 is 0. The minimum atomic E-state index is -4.77. The highest BCUT2D eigenvalue weighted by Crippen LogP contribution is 2.28. The van der Waals surface area contributed by atoms with Gasteiger partial charge in [-0.25, -0.2) is 0 Å². The van der Waals surface area contributed by atoms with Crippen LogP contribution in [0.2, 0.25) is 0 Å². The number of aliphatic hydroxyl groups is 1. The maximum atomic E-state index is 12.0. The molecule has 0 heterocycles. The minimum absolute atomic E-state index is 0.169. The minimum Gasteiger partial charge on any atom is -0.491 e. The zero-order valence-electron chi connectivity index (χ0n) is 9.28. The quantitative estimate of drug-likeness (QED) is 0.890. The van der Waals surface area contributed by atoms with Crippen LogP contribution in [-0.4, -0.2) is 17.6 Å². The molecule has 0 bridgehead atoms. The lowest BCUT2D eigenvalue weighted by Crippen LogP contribution is -2.17. The lowest BCUT2D eigenvalue weighted by Gasteiger charge is -2.14. The van der Waals surface area contributed by atoms with Crippen molar-refractivity contribution >= 4 is 0 Å². The Morgan fingerprint density at radius 3 is 2.24 bits per heavy atom. The van der Waals surface area contributed by atoms with Crippen molar-refractivity contribution in [1.82, 2.24) is 0 Å². The molecule has 3 nitrogen and oxygen atoms in total. The Kier molecular flexibility index (Phi) is 4.22. The summed E-state index contributed by atoms with van der Waals surface area (Å²) in [5.74, 6) is -0.238. The maximum absolute atomic E-state index is 12.0. The standard InChI is InChI=1S/C11H12F3O3/c1-7(2)16-9-3-8(6-15)4-10(5-9)17-11(12,13)14/h3-7,15H,1-2H3. The predicted octanol–water partition coefficient (Wildman–Crippen LogP) is 3.25. The molecular formula is C11H12F3O3. The molecule has 1 aromatic carbocycles. The molecule has 0 aliphatic carbocycles. The van der Waals surface area contributed by atoms with Crippen molar-refractivity contribution in [2.45, 2.75) is 26.3 Å². The van der Waals surface area contributed by atoms with E-state index in [9.17, 15) is 13.2 Å². The molecular weight excluding hydrogens is 237 g/mol. The summed E-state index contributed by atoms with van der Waals surface area (Å²) < 4.78 is 45.1. The van der Waals surface area contributed by atoms with Gasteiger partial charge in [0.25, 0.3) is 0 Å². The van der Waals surface area contributed by atoms with E-state index < -0.39 is 12.1 Å². The summed E-state index contributed by atoms with van der Waals surface area (Å²) in [7, 11) is 0. The molecule has 95 valence electrons. The van der Waals surface area contributed by atoms with Gasteiger partial charge in [0, 0.05) is 6.07 Å². The number of ether oxygens (including phenoxy) is 2. The van der Waals surface area contributed by atoms with Crippen LogP contribution in [0.25, 0.3) is 0 Å². The predicted molar refractivity (Wildman–Crippen MR) is 54.2 cm³/mol. The monoisotopic (exact) mass is 249 g/mol. The van der Waals surface area contributed by atoms with Crippen LogP contribution in [0.4, 0.5) is 13.2 Å². The van der Waals surface area contributed by atoms with Crippen LogP contribution in [0.15, 0.2) is 18.2 Å². The summed E-state index contributed by atoms with van der Waals surface area (Å²) in [6.07, 6.45) is -4.97. The summed E-state index contributed by atoms with van der Waals surface area (Å²) in [6, 6.07) is 3.57. The highest BCUT2D eigenvalue weighted by Gasteiger charge is 2.31. The summed E-state index contributed by atoms with van der Waals surface area (Å²) in [5, 5.41) is 8.80. The van der Waals surface area contributed by atoms with Gasteiger partial charge in [-0.15, -0.1) is 13.2 Å². The fourth-order valence-corrected chi connectivity index (χ4v) is 1.20. The maximum Gasteiger partial charge on any atom is 0.573 e. The van der Waals surface area contributed by atoms with Crippen molar-refractivity contribution in [3.63, 3.8) is 0 Å². The van der Waals surface area contributed by atoms with Crippen molar-refractivity contribution in [3.05, 3.63) is 30.4 Å². The van der Waals surface area contributed by atoms with Gasteiger partial charge in [0.2, 0.25) is 0 Å². The van der Waals surface area contributed by atoms with Crippen LogP contribution < -0.4 is 9.47 Å². The first-order valence-corrected chi connectivity index (χ1v) is 4.85. The SMILES string of the molecule is CC(C)Oc1cc([CH]O)cc(OC(F)(F)F)c1. The Labute approximate surface area is 96.8 Å². The van der Waals surface area contributed by atoms with Crippen LogP contribution >= 0.6 is 0 Å². The highest BCUT2D eigenvalue weighted by atomic mass is 19.4. The molecule has 0 aliphatic heterocycles. The van der Waals surface area contributed by atoms with E-state index in [0.29, 0.717) is 6.61 Å². The van der Waals surface area contributed by atoms with Gasteiger partial charge in [0.05, 0.1) is 6.10 Å². The van der Waals surface area contributed by atoms with Crippen LogP contribution in [0, 0.1) is 6.61 Å². The first-order valence-electron chi connectivity index (χ1n) is 4.85. The van der Waals surface area contributed by atoms with E-state index in [1.807, 2.05) is 0 Å². The first kappa shape index (κ1) is 13.6. The van der Waals surface area contributed by atoms with Gasteiger partial charge < -0.3 is 14.6 Å². The molecule has 1 radical (unpaired) electrons. The zero-order chi connectivity index (χ0) is 13.1. The summed E-state index contributed by atoms with van der Waals surface area (Å²) in [6.45, 7) is 4.15. The number of hydrogen-bond donors (Lipinski definition) is 1. The second kappa shape index (κ2) is 5.27. The van der Waals surface area contributed by atoms with E-state index in [2.05, 4.69) is 4.74 Å². The van der Waals surface area contributed by atoms with Gasteiger partial charge in [-0.2, -0.15) is 0 Å². The fourth-order valence-electron chi connectivity index (χ4n) is 1.20. The molecule has 1 rings (SSSR count). The second-order valence-electron chi connectivity index (χ2n) is 3.58. The smallest absolute Gasteiger partial charge is 0.491 e. The molecule has 0 atom stereocenters. The molecule has 1 N–H and O–H groups in total. The highest BCUT2D eigenvalue weighted by molar-refractivity contribution is 5.40. The van der Waals surface area contributed by atoms with Crippen LogP contribution in [0.1, 0.15) is 19.4 Å². The Morgan fingerprint density at radius 1 is 1.18 bits per heavy atom. The van der Waals surface area contributed by atoms with Crippen molar-refractivity contribution in [2.75, 3.05) is 0 Å². The van der Waals surface area contributed by atoms with E-state index in [1.54, 1.807) is 13.8 Å². The van der Waals surface area contributed by atoms with Gasteiger partial charge in [0.15, 0.2) is 0 Å². The number of benzene rings is 1. The third-order valence-corrected chi connectivity index (χ3v) is 1.66. The van der Waals surface area contributed by atoms with Crippen LogP contribution in [0.5, 0.6) is 11.5 Å². The first-order chi connectivity index (χ1) is 7.80. The third kappa shape index (κ3) is 4.95. The molecule has 0 aliphatic rings. The Bertz CT molecular complexity index is 375. The van der Waals surface area contributed by atoms with Gasteiger partial charge in [0.1, 0.15) is 18.1 Å². The Morgan fingerprint density at radius 2 is 1.76 bits per heavy atom. The largest absolute Gasteiger partial charge is 0.573 e. The van der Waals surface area contributed by atoms with Crippen molar-refractivity contribution in [1.29, 1.82) is 0 Å². The lowest BCUT2D eigenvalue weighted by atomic mass is 10.2. The average Bonchev–Trinajstić information content (AvgIpc) is 2.13. The number of aliphatic hydroxyl groups excluding tert-OH is 1. The van der Waals surface area contributed by atoms with Gasteiger partial charge in [-0.1, -0.05) is 0 Å². The number of rotatable bonds is 4. The molecule has 0 amide bonds. The second-order valence-corrected chi connectivity index (χ2v) is 3.58. The lowest BCUT2D eigenvalue weighted by molar-refractivity contribution is -0.274. The normalized spacial score (nSPS) is 11.7. The van der Waals surface area contributed by atoms with Gasteiger partial charge in [-0.3, -0.25) is 0 Å². The molecule has 0 unspecified atom stereocenters. The van der Waals surface area contributed by atoms with Crippen LogP contribution in [-0.2, 0) is 0 Å². The zero-order valence-corrected chi connectivity index (χ0v) is 9.28. The molecule has 17 heavy (non-hydrogen) atoms. The van der Waals surface area contributed by atoms with E-state index >= 15 is 0 Å². The molecule has 0 fully saturated rings. The average molecular weight is 249 g/mol. The molecule has 0 aromatic heterocycles. The molecule has 0 saturated heterocycles. The van der Waals surface area contributed by atoms with Crippen molar-refractivity contribution in [2.24, 2.45) is 0 Å². The summed E-state index contributed by atoms with van der Waals surface area (Å²) in [5.41, 5.74) is 0.169. The fraction of sp³-hybridized carbons (Fsp3) is 0.364. The number of halogens is 3. The third-order valence-electron chi connectivity index (χ3n) is 1.66. The van der Waals surface area contributed by atoms with Gasteiger partial charge >= 0.3 is 6.36 Å². The Hall–Kier alpha value is -1.43. The Balaban J connectivity index is 2.97. The summed E-state index contributed by atoms with van der Waals surface area (Å²) in [4.78, 5) is 0. The number of hydrogen-bond acceptors (Lipinski definition) is 3. The van der Waals surface area contributed by atoms with E-state index in [-0.39, 0.29) is 17.4 Å². The topological polar surface area (TPSA) is 38.7 Å². The van der Waals surface area contributed by atoms with Crippen molar-refractivity contribution < 1.29 is 27.8 Å². The molecule has 6 heteroatoms. The van der Waals surface area contributed by atoms with E-state index in [0.717, 1.165) is 12.1 Å². The molecule has 0 spiro atoms. The van der Waals surface area contributed by atoms with Gasteiger partial charge in [-0.05, 0) is 31.5 Å². The van der Waals surface area contributed by atoms with Crippen LogP contribution in [0.3, 0.4) is 0 Å². The van der Waals surface area contributed by atoms with E-state index in [1.165, 1.54) is 6.07 Å². The molecule has 0 saturated carbocycles.